The first-order chi connectivity index (χ1) is 14.9. The average molecular weight is 422 g/mol. The number of imidazole rings is 1. The van der Waals surface area contributed by atoms with E-state index in [-0.39, 0.29) is 29.3 Å². The summed E-state index contributed by atoms with van der Waals surface area (Å²) in [4.78, 5) is 32.5. The molecule has 2 saturated carbocycles. The third-order valence-electron chi connectivity index (χ3n) is 6.07. The first-order valence-electron chi connectivity index (χ1n) is 10.1. The van der Waals surface area contributed by atoms with Gasteiger partial charge in [0.05, 0.1) is 13.3 Å². The van der Waals surface area contributed by atoms with E-state index >= 15 is 0 Å². The molecule has 3 N–H and O–H groups in total. The molecule has 2 amide bonds. The fourth-order valence-corrected chi connectivity index (χ4v) is 4.58. The first kappa shape index (κ1) is 19.3. The van der Waals surface area contributed by atoms with E-state index in [1.807, 2.05) is 0 Å². The summed E-state index contributed by atoms with van der Waals surface area (Å²) in [7, 11) is 1.54. The van der Waals surface area contributed by atoms with Crippen molar-refractivity contribution in [1.82, 2.24) is 24.9 Å². The van der Waals surface area contributed by atoms with Crippen molar-refractivity contribution in [2.75, 3.05) is 7.11 Å². The lowest BCUT2D eigenvalue weighted by Crippen LogP contribution is -2.58. The fourth-order valence-electron chi connectivity index (χ4n) is 4.58. The van der Waals surface area contributed by atoms with E-state index in [9.17, 15) is 9.59 Å². The van der Waals surface area contributed by atoms with Crippen LogP contribution in [0.3, 0.4) is 0 Å². The number of methoxy groups -OCH3 is 1. The minimum Gasteiger partial charge on any atom is -0.480 e. The molecule has 2 aliphatic rings. The van der Waals surface area contributed by atoms with Crippen LogP contribution >= 0.6 is 0 Å². The fraction of sp³-hybridized carbons (Fsp3) is 0.381. The third kappa shape index (κ3) is 3.54. The Morgan fingerprint density at radius 1 is 1.23 bits per heavy atom. The molecule has 0 aromatic carbocycles. The summed E-state index contributed by atoms with van der Waals surface area (Å²) in [6.45, 7) is 0. The van der Waals surface area contributed by atoms with Crippen LogP contribution in [0.1, 0.15) is 46.5 Å². The molecule has 31 heavy (non-hydrogen) atoms. The van der Waals surface area contributed by atoms with Crippen LogP contribution in [0, 0.1) is 5.41 Å². The van der Waals surface area contributed by atoms with Crippen LogP contribution in [0.25, 0.3) is 5.65 Å². The monoisotopic (exact) mass is 422 g/mol. The summed E-state index contributed by atoms with van der Waals surface area (Å²) in [5.74, 6) is -0.0236. The Hall–Kier alpha value is -3.69. The van der Waals surface area contributed by atoms with E-state index in [1.165, 1.54) is 11.6 Å². The number of nitrogens with zero attached hydrogens (tertiary/aromatic N) is 4. The number of carbonyl (C=O) groups excluding carboxylic acids is 2. The summed E-state index contributed by atoms with van der Waals surface area (Å²) in [5, 5.41) is 7.27. The van der Waals surface area contributed by atoms with Crippen molar-refractivity contribution < 1.29 is 19.1 Å². The predicted octanol–water partition coefficient (Wildman–Crippen LogP) is 1.35. The second-order valence-electron chi connectivity index (χ2n) is 8.25. The molecular formula is C21H22N6O4. The summed E-state index contributed by atoms with van der Waals surface area (Å²) in [6, 6.07) is 6.83. The lowest BCUT2D eigenvalue weighted by atomic mass is 9.53. The third-order valence-corrected chi connectivity index (χ3v) is 6.07. The Bertz CT molecular complexity index is 1160. The van der Waals surface area contributed by atoms with E-state index in [0.29, 0.717) is 22.8 Å². The van der Waals surface area contributed by atoms with Crippen LogP contribution < -0.4 is 20.5 Å². The number of nitrogens with two attached hydrogens (primary N) is 1. The number of carbonyl (C=O) groups is 2. The van der Waals surface area contributed by atoms with Crippen molar-refractivity contribution in [3.63, 3.8) is 0 Å². The quantitative estimate of drug-likeness (QED) is 0.612. The van der Waals surface area contributed by atoms with Crippen LogP contribution in [0.15, 0.2) is 36.7 Å². The number of nitrogens with one attached hydrogen (secondary N) is 1. The number of pyridine rings is 1. The maximum absolute atomic E-state index is 12.6. The van der Waals surface area contributed by atoms with Gasteiger partial charge in [-0.3, -0.25) is 9.59 Å². The van der Waals surface area contributed by atoms with Gasteiger partial charge in [0.1, 0.15) is 17.4 Å². The number of amides is 2. The van der Waals surface area contributed by atoms with Gasteiger partial charge in [0, 0.05) is 18.3 Å². The van der Waals surface area contributed by atoms with E-state index in [0.717, 1.165) is 25.7 Å². The second kappa shape index (κ2) is 7.22. The topological polar surface area (TPSA) is 134 Å². The van der Waals surface area contributed by atoms with E-state index in [2.05, 4.69) is 20.4 Å². The van der Waals surface area contributed by atoms with Gasteiger partial charge in [-0.25, -0.2) is 14.5 Å². The van der Waals surface area contributed by atoms with Gasteiger partial charge < -0.3 is 20.5 Å². The highest BCUT2D eigenvalue weighted by atomic mass is 16.5. The maximum atomic E-state index is 12.6. The van der Waals surface area contributed by atoms with Crippen molar-refractivity contribution in [2.24, 2.45) is 11.1 Å². The SMILES string of the molecule is COc1ccc2nc(C(=O)N[C@H]3CC4(C3)C[C@H](Oc3ncccc3C(N)=O)C4)cn2n1. The van der Waals surface area contributed by atoms with Gasteiger partial charge in [-0.1, -0.05) is 0 Å². The normalized spacial score (nSPS) is 24.3. The zero-order valence-corrected chi connectivity index (χ0v) is 16.9. The number of primary amides is 1. The summed E-state index contributed by atoms with van der Waals surface area (Å²) in [5.41, 5.74) is 6.76. The lowest BCUT2D eigenvalue weighted by Gasteiger charge is -2.57. The van der Waals surface area contributed by atoms with Crippen LogP contribution in [-0.4, -0.2) is 50.7 Å². The number of hydrogen-bond acceptors (Lipinski definition) is 7. The Morgan fingerprint density at radius 3 is 2.77 bits per heavy atom. The van der Waals surface area contributed by atoms with Gasteiger partial charge in [0.15, 0.2) is 5.65 Å². The zero-order chi connectivity index (χ0) is 21.6. The molecule has 3 aromatic rings. The van der Waals surface area contributed by atoms with Crippen LogP contribution in [-0.2, 0) is 0 Å². The van der Waals surface area contributed by atoms with Gasteiger partial charge in [-0.05, 0) is 49.3 Å². The van der Waals surface area contributed by atoms with E-state index in [1.54, 1.807) is 36.7 Å². The molecule has 3 aromatic heterocycles. The zero-order valence-electron chi connectivity index (χ0n) is 16.9. The van der Waals surface area contributed by atoms with Crippen molar-refractivity contribution in [3.8, 4) is 11.8 Å². The highest BCUT2D eigenvalue weighted by molar-refractivity contribution is 5.95. The van der Waals surface area contributed by atoms with Crippen molar-refractivity contribution in [1.29, 1.82) is 0 Å². The van der Waals surface area contributed by atoms with E-state index < -0.39 is 5.91 Å². The Morgan fingerprint density at radius 2 is 2.03 bits per heavy atom. The number of fused-ring (bicyclic) bond motifs is 1. The Balaban J connectivity index is 1.14. The van der Waals surface area contributed by atoms with Gasteiger partial charge in [0.25, 0.3) is 11.8 Å². The molecule has 5 rings (SSSR count). The number of rotatable bonds is 6. The van der Waals surface area contributed by atoms with Gasteiger partial charge in [-0.2, -0.15) is 0 Å². The van der Waals surface area contributed by atoms with Gasteiger partial charge in [-0.15, -0.1) is 5.10 Å². The second-order valence-corrected chi connectivity index (χ2v) is 8.25. The highest BCUT2D eigenvalue weighted by Gasteiger charge is 2.54. The largest absolute Gasteiger partial charge is 0.480 e. The molecule has 0 aliphatic heterocycles. The standard InChI is InChI=1S/C21H22N6O4/c1-30-17-5-4-16-25-15(11-27(16)26-17)19(29)24-12-7-21(8-12)9-13(10-21)31-20-14(18(22)28)3-2-6-23-20/h2-6,11-13H,7-10H2,1H3,(H2,22,28)(H,24,29)/t12-,13-,21?. The smallest absolute Gasteiger partial charge is 0.271 e. The molecule has 0 radical (unpaired) electrons. The summed E-state index contributed by atoms with van der Waals surface area (Å²) >= 11 is 0. The van der Waals surface area contributed by atoms with Crippen molar-refractivity contribution in [3.05, 3.63) is 47.9 Å². The van der Waals surface area contributed by atoms with Crippen LogP contribution in [0.2, 0.25) is 0 Å². The molecule has 0 unspecified atom stereocenters. The lowest BCUT2D eigenvalue weighted by molar-refractivity contribution is -0.0848. The number of hydrogen-bond donors (Lipinski definition) is 2. The van der Waals surface area contributed by atoms with Crippen molar-refractivity contribution in [2.45, 2.75) is 37.8 Å². The van der Waals surface area contributed by atoms with Crippen molar-refractivity contribution >= 4 is 17.5 Å². The molecule has 2 aliphatic carbocycles. The molecule has 1 spiro atoms. The molecule has 0 saturated heterocycles. The summed E-state index contributed by atoms with van der Waals surface area (Å²) < 4.78 is 12.5. The van der Waals surface area contributed by atoms with E-state index in [4.69, 9.17) is 15.2 Å². The molecule has 0 bridgehead atoms. The minimum atomic E-state index is -0.552. The maximum Gasteiger partial charge on any atom is 0.271 e. The molecular weight excluding hydrogens is 400 g/mol. The Kier molecular flexibility index (Phi) is 4.49. The molecule has 160 valence electrons. The first-order valence-corrected chi connectivity index (χ1v) is 10.1. The predicted molar refractivity (Wildman–Crippen MR) is 109 cm³/mol. The Labute approximate surface area is 177 Å². The molecule has 0 atom stereocenters. The van der Waals surface area contributed by atoms with Crippen LogP contribution in [0.4, 0.5) is 0 Å². The average Bonchev–Trinajstić information content (AvgIpc) is 3.14. The highest BCUT2D eigenvalue weighted by Crippen LogP contribution is 2.56. The molecule has 3 heterocycles. The number of ether oxygens (including phenoxy) is 2. The van der Waals surface area contributed by atoms with Crippen LogP contribution in [0.5, 0.6) is 11.8 Å². The van der Waals surface area contributed by atoms with Gasteiger partial charge in [0.2, 0.25) is 11.8 Å². The number of aromatic nitrogens is 4. The molecule has 10 heteroatoms. The molecule has 10 nitrogen and oxygen atoms in total. The summed E-state index contributed by atoms with van der Waals surface area (Å²) in [6.07, 6.45) is 6.70. The molecule has 2 fully saturated rings. The van der Waals surface area contributed by atoms with Gasteiger partial charge >= 0.3 is 0 Å². The minimum absolute atomic E-state index is 0.00384.